The Labute approximate surface area is 99.9 Å². The van der Waals surface area contributed by atoms with E-state index in [0.29, 0.717) is 19.4 Å². The molecule has 2 atom stereocenters. The number of amides is 1. The summed E-state index contributed by atoms with van der Waals surface area (Å²) in [6, 6.07) is 0.0169. The van der Waals surface area contributed by atoms with Crippen LogP contribution in [0.25, 0.3) is 0 Å². The highest BCUT2D eigenvalue weighted by atomic mass is 16.1. The number of carbonyl (C=O) groups excluding carboxylic acids is 1. The van der Waals surface area contributed by atoms with Crippen LogP contribution in [0, 0.1) is 5.92 Å². The van der Waals surface area contributed by atoms with Crippen molar-refractivity contribution >= 4 is 5.91 Å². The second kappa shape index (κ2) is 5.09. The molecular weight excluding hydrogens is 218 g/mol. The zero-order valence-corrected chi connectivity index (χ0v) is 9.84. The smallest absolute Gasteiger partial charge is 0.227 e. The van der Waals surface area contributed by atoms with Crippen LogP contribution in [0.3, 0.4) is 0 Å². The van der Waals surface area contributed by atoms with Gasteiger partial charge in [-0.1, -0.05) is 12.2 Å². The minimum absolute atomic E-state index is 0.0169. The maximum atomic E-state index is 11.7. The normalized spacial score (nSPS) is 22.9. The fraction of sp³-hybridized carbons (Fsp3) is 0.545. The van der Waals surface area contributed by atoms with Gasteiger partial charge in [0.05, 0.1) is 5.92 Å². The van der Waals surface area contributed by atoms with Crippen molar-refractivity contribution in [2.45, 2.75) is 18.9 Å². The Balaban J connectivity index is 1.72. The molecule has 2 unspecified atom stereocenters. The molecule has 0 saturated heterocycles. The Bertz CT molecular complexity index is 425. The monoisotopic (exact) mass is 235 g/mol. The standard InChI is InChI=1S/C11H17N5O/c1-16-7-14-10(15-16)4-5-13-11(17)8-2-3-9(12)6-8/h2-3,7-9H,4-6,12H2,1H3,(H,13,17). The second-order valence-electron chi connectivity index (χ2n) is 4.27. The van der Waals surface area contributed by atoms with E-state index in [9.17, 15) is 4.79 Å². The van der Waals surface area contributed by atoms with Gasteiger partial charge in [-0.15, -0.1) is 0 Å². The average molecular weight is 235 g/mol. The topological polar surface area (TPSA) is 85.8 Å². The Hall–Kier alpha value is -1.69. The van der Waals surface area contributed by atoms with E-state index in [1.54, 1.807) is 11.0 Å². The zero-order valence-electron chi connectivity index (χ0n) is 9.84. The van der Waals surface area contributed by atoms with Crippen molar-refractivity contribution < 1.29 is 4.79 Å². The lowest BCUT2D eigenvalue weighted by atomic mass is 10.1. The van der Waals surface area contributed by atoms with Crippen molar-refractivity contribution in [1.29, 1.82) is 0 Å². The van der Waals surface area contributed by atoms with Crippen LogP contribution in [0.4, 0.5) is 0 Å². The van der Waals surface area contributed by atoms with Crippen LogP contribution in [0.15, 0.2) is 18.5 Å². The lowest BCUT2D eigenvalue weighted by Crippen LogP contribution is -2.32. The van der Waals surface area contributed by atoms with Crippen LogP contribution in [-0.4, -0.2) is 33.3 Å². The van der Waals surface area contributed by atoms with Crippen molar-refractivity contribution in [3.63, 3.8) is 0 Å². The molecule has 0 spiro atoms. The van der Waals surface area contributed by atoms with Gasteiger partial charge in [0.25, 0.3) is 0 Å². The number of hydrogen-bond donors (Lipinski definition) is 2. The molecule has 1 amide bonds. The van der Waals surface area contributed by atoms with Crippen LogP contribution in [-0.2, 0) is 18.3 Å². The van der Waals surface area contributed by atoms with E-state index in [1.807, 2.05) is 19.2 Å². The zero-order chi connectivity index (χ0) is 12.3. The molecule has 1 aromatic rings. The van der Waals surface area contributed by atoms with Crippen molar-refractivity contribution in [3.05, 3.63) is 24.3 Å². The number of aromatic nitrogens is 3. The predicted octanol–water partition coefficient (Wildman–Crippen LogP) is -0.623. The van der Waals surface area contributed by atoms with Gasteiger partial charge in [0.2, 0.25) is 5.91 Å². The molecule has 0 radical (unpaired) electrons. The molecule has 0 aliphatic heterocycles. The Morgan fingerprint density at radius 2 is 2.47 bits per heavy atom. The summed E-state index contributed by atoms with van der Waals surface area (Å²) in [5, 5.41) is 7.01. The Morgan fingerprint density at radius 3 is 3.06 bits per heavy atom. The van der Waals surface area contributed by atoms with Crippen LogP contribution < -0.4 is 11.1 Å². The van der Waals surface area contributed by atoms with E-state index in [2.05, 4.69) is 15.4 Å². The quantitative estimate of drug-likeness (QED) is 0.681. The first-order valence-corrected chi connectivity index (χ1v) is 5.71. The van der Waals surface area contributed by atoms with Crippen molar-refractivity contribution in [1.82, 2.24) is 20.1 Å². The van der Waals surface area contributed by atoms with E-state index in [-0.39, 0.29) is 17.9 Å². The molecule has 0 fully saturated rings. The molecule has 1 aliphatic rings. The molecule has 1 aliphatic carbocycles. The van der Waals surface area contributed by atoms with E-state index in [0.717, 1.165) is 5.82 Å². The van der Waals surface area contributed by atoms with Gasteiger partial charge in [-0.3, -0.25) is 9.48 Å². The Morgan fingerprint density at radius 1 is 1.65 bits per heavy atom. The van der Waals surface area contributed by atoms with Crippen molar-refractivity contribution in [3.8, 4) is 0 Å². The van der Waals surface area contributed by atoms with Crippen LogP contribution in [0.2, 0.25) is 0 Å². The molecule has 1 aromatic heterocycles. The molecule has 92 valence electrons. The van der Waals surface area contributed by atoms with Gasteiger partial charge in [-0.05, 0) is 6.42 Å². The maximum Gasteiger partial charge on any atom is 0.227 e. The largest absolute Gasteiger partial charge is 0.355 e. The predicted molar refractivity (Wildman–Crippen MR) is 62.9 cm³/mol. The third kappa shape index (κ3) is 3.13. The summed E-state index contributed by atoms with van der Waals surface area (Å²) in [6.07, 6.45) is 6.75. The van der Waals surface area contributed by atoms with Gasteiger partial charge in [0.1, 0.15) is 6.33 Å². The Kier molecular flexibility index (Phi) is 3.53. The van der Waals surface area contributed by atoms with E-state index < -0.39 is 0 Å². The van der Waals surface area contributed by atoms with Gasteiger partial charge in [-0.25, -0.2) is 4.98 Å². The SMILES string of the molecule is Cn1cnc(CCNC(=O)C2C=CC(N)C2)n1. The maximum absolute atomic E-state index is 11.7. The van der Waals surface area contributed by atoms with E-state index in [1.165, 1.54) is 0 Å². The number of nitrogens with one attached hydrogen (secondary N) is 1. The van der Waals surface area contributed by atoms with Gasteiger partial charge in [0.15, 0.2) is 5.82 Å². The van der Waals surface area contributed by atoms with E-state index in [4.69, 9.17) is 5.73 Å². The molecule has 0 saturated carbocycles. The summed E-state index contributed by atoms with van der Waals surface area (Å²) in [5.41, 5.74) is 5.70. The van der Waals surface area contributed by atoms with Gasteiger partial charge in [0, 0.05) is 26.1 Å². The molecule has 6 heteroatoms. The number of nitrogens with zero attached hydrogens (tertiary/aromatic N) is 3. The number of hydrogen-bond acceptors (Lipinski definition) is 4. The molecule has 1 heterocycles. The minimum atomic E-state index is -0.0818. The number of aryl methyl sites for hydroxylation is 1. The van der Waals surface area contributed by atoms with Crippen molar-refractivity contribution in [2.24, 2.45) is 18.7 Å². The lowest BCUT2D eigenvalue weighted by molar-refractivity contribution is -0.123. The van der Waals surface area contributed by atoms with Crippen LogP contribution in [0.1, 0.15) is 12.2 Å². The third-order valence-electron chi connectivity index (χ3n) is 2.75. The summed E-state index contributed by atoms with van der Waals surface area (Å²) >= 11 is 0. The highest BCUT2D eigenvalue weighted by molar-refractivity contribution is 5.81. The average Bonchev–Trinajstić information content (AvgIpc) is 2.88. The molecule has 2 rings (SSSR count). The summed E-state index contributed by atoms with van der Waals surface area (Å²) in [7, 11) is 1.82. The number of carbonyl (C=O) groups is 1. The van der Waals surface area contributed by atoms with Crippen LogP contribution in [0.5, 0.6) is 0 Å². The summed E-state index contributed by atoms with van der Waals surface area (Å²) in [4.78, 5) is 15.8. The summed E-state index contributed by atoms with van der Waals surface area (Å²) in [6.45, 7) is 0.558. The highest BCUT2D eigenvalue weighted by Gasteiger charge is 2.22. The summed E-state index contributed by atoms with van der Waals surface area (Å²) < 4.78 is 1.65. The molecular formula is C11H17N5O. The number of nitrogens with two attached hydrogens (primary N) is 1. The number of rotatable bonds is 4. The molecule has 0 bridgehead atoms. The second-order valence-corrected chi connectivity index (χ2v) is 4.27. The molecule has 17 heavy (non-hydrogen) atoms. The highest BCUT2D eigenvalue weighted by Crippen LogP contribution is 2.15. The van der Waals surface area contributed by atoms with Crippen molar-refractivity contribution in [2.75, 3.05) is 6.54 Å². The molecule has 0 aromatic carbocycles. The molecule has 6 nitrogen and oxygen atoms in total. The first-order chi connectivity index (χ1) is 8.15. The lowest BCUT2D eigenvalue weighted by Gasteiger charge is -2.09. The van der Waals surface area contributed by atoms with Gasteiger partial charge in [-0.2, -0.15) is 5.10 Å². The first kappa shape index (κ1) is 11.8. The minimum Gasteiger partial charge on any atom is -0.355 e. The van der Waals surface area contributed by atoms with Crippen LogP contribution >= 0.6 is 0 Å². The summed E-state index contributed by atoms with van der Waals surface area (Å²) in [5.74, 6) is 0.693. The van der Waals surface area contributed by atoms with Gasteiger partial charge < -0.3 is 11.1 Å². The first-order valence-electron chi connectivity index (χ1n) is 5.71. The fourth-order valence-corrected chi connectivity index (χ4v) is 1.85. The third-order valence-corrected chi connectivity index (χ3v) is 2.75. The fourth-order valence-electron chi connectivity index (χ4n) is 1.85. The molecule has 3 N–H and O–H groups in total. The van der Waals surface area contributed by atoms with Gasteiger partial charge >= 0.3 is 0 Å². The van der Waals surface area contributed by atoms with E-state index >= 15 is 0 Å².